The van der Waals surface area contributed by atoms with Crippen LogP contribution in [0.5, 0.6) is 5.75 Å². The number of nitrogens with zero attached hydrogens (tertiary/aromatic N) is 3. The zero-order valence-corrected chi connectivity index (χ0v) is 18.8. The molecule has 0 N–H and O–H groups in total. The fourth-order valence-corrected chi connectivity index (χ4v) is 4.23. The lowest BCUT2D eigenvalue weighted by molar-refractivity contribution is 0.386. The fraction of sp³-hybridized carbons (Fsp3) is 0.120. The Labute approximate surface area is 191 Å². The van der Waals surface area contributed by atoms with Crippen LogP contribution in [0.25, 0.3) is 22.4 Å². The largest absolute Gasteiger partial charge is 0.494 e. The molecule has 4 aromatic rings. The number of benzene rings is 3. The monoisotopic (exact) mass is 461 g/mol. The van der Waals surface area contributed by atoms with Gasteiger partial charge in [-0.3, -0.25) is 0 Å². The first-order valence-corrected chi connectivity index (χ1v) is 11.9. The Hall–Kier alpha value is -3.96. The van der Waals surface area contributed by atoms with Crippen LogP contribution >= 0.6 is 0 Å². The Morgan fingerprint density at radius 2 is 1.70 bits per heavy atom. The van der Waals surface area contributed by atoms with Gasteiger partial charge in [0.05, 0.1) is 18.6 Å². The molecule has 0 aliphatic carbocycles. The van der Waals surface area contributed by atoms with E-state index >= 15 is 0 Å². The Morgan fingerprint density at radius 1 is 1.03 bits per heavy atom. The molecular formula is C25H20FN3O3S. The van der Waals surface area contributed by atoms with Crippen molar-refractivity contribution in [1.29, 1.82) is 5.26 Å². The average Bonchev–Trinajstić information content (AvgIpc) is 3.17. The minimum Gasteiger partial charge on any atom is -0.494 e. The molecule has 8 heteroatoms. The summed E-state index contributed by atoms with van der Waals surface area (Å²) in [6.07, 6.45) is 1.13. The van der Waals surface area contributed by atoms with Crippen LogP contribution < -0.4 is 4.74 Å². The smallest absolute Gasteiger partial charge is 0.175 e. The number of sulfone groups is 1. The molecule has 0 unspecified atom stereocenters. The van der Waals surface area contributed by atoms with Gasteiger partial charge in [0.2, 0.25) is 0 Å². The SMILES string of the molecule is COc1ccc(-c2c(-c3ccc(S(C)(=O)=O)cc3)nn(Cc3ccccc3)c2C#N)cc1F. The summed E-state index contributed by atoms with van der Waals surface area (Å²) in [6, 6.07) is 22.5. The van der Waals surface area contributed by atoms with Gasteiger partial charge in [0.1, 0.15) is 17.5 Å². The van der Waals surface area contributed by atoms with Crippen LogP contribution in [0.1, 0.15) is 11.3 Å². The van der Waals surface area contributed by atoms with E-state index in [0.29, 0.717) is 28.9 Å². The van der Waals surface area contributed by atoms with Crippen LogP contribution in [0.4, 0.5) is 4.39 Å². The molecule has 0 saturated heterocycles. The molecule has 0 amide bonds. The molecule has 33 heavy (non-hydrogen) atoms. The number of nitriles is 1. The van der Waals surface area contributed by atoms with Crippen molar-refractivity contribution in [3.63, 3.8) is 0 Å². The predicted molar refractivity (Wildman–Crippen MR) is 123 cm³/mol. The van der Waals surface area contributed by atoms with Gasteiger partial charge in [0.25, 0.3) is 0 Å². The first-order valence-electron chi connectivity index (χ1n) is 10.0. The highest BCUT2D eigenvalue weighted by molar-refractivity contribution is 7.90. The number of rotatable bonds is 6. The lowest BCUT2D eigenvalue weighted by atomic mass is 9.99. The number of aromatic nitrogens is 2. The third-order valence-corrected chi connectivity index (χ3v) is 6.36. The number of hydrogen-bond acceptors (Lipinski definition) is 5. The van der Waals surface area contributed by atoms with Gasteiger partial charge < -0.3 is 4.74 Å². The third kappa shape index (κ3) is 4.49. The maximum atomic E-state index is 14.5. The van der Waals surface area contributed by atoms with Crippen molar-refractivity contribution < 1.29 is 17.5 Å². The lowest BCUT2D eigenvalue weighted by Gasteiger charge is -2.07. The molecule has 0 aliphatic heterocycles. The number of methoxy groups -OCH3 is 1. The van der Waals surface area contributed by atoms with Gasteiger partial charge in [-0.05, 0) is 35.4 Å². The Bertz CT molecular complexity index is 1460. The second kappa shape index (κ2) is 8.88. The Kier molecular flexibility index (Phi) is 5.99. The van der Waals surface area contributed by atoms with Crippen LogP contribution in [0.2, 0.25) is 0 Å². The topological polar surface area (TPSA) is 85.0 Å². The van der Waals surface area contributed by atoms with E-state index < -0.39 is 15.7 Å². The summed E-state index contributed by atoms with van der Waals surface area (Å²) in [5.74, 6) is -0.471. The molecule has 0 radical (unpaired) electrons. The number of hydrogen-bond donors (Lipinski definition) is 0. The second-order valence-corrected chi connectivity index (χ2v) is 9.49. The van der Waals surface area contributed by atoms with Crippen LogP contribution in [-0.4, -0.2) is 31.6 Å². The highest BCUT2D eigenvalue weighted by Crippen LogP contribution is 2.36. The molecule has 0 atom stereocenters. The summed E-state index contributed by atoms with van der Waals surface area (Å²) >= 11 is 0. The molecule has 0 fully saturated rings. The van der Waals surface area contributed by atoms with Gasteiger partial charge >= 0.3 is 0 Å². The van der Waals surface area contributed by atoms with Crippen LogP contribution in [0.15, 0.2) is 77.7 Å². The molecule has 6 nitrogen and oxygen atoms in total. The van der Waals surface area contributed by atoms with E-state index in [4.69, 9.17) is 4.74 Å². The van der Waals surface area contributed by atoms with Crippen molar-refractivity contribution >= 4 is 9.84 Å². The van der Waals surface area contributed by atoms with Crippen LogP contribution in [-0.2, 0) is 16.4 Å². The van der Waals surface area contributed by atoms with Crippen molar-refractivity contribution in [2.24, 2.45) is 0 Å². The Morgan fingerprint density at radius 3 is 2.27 bits per heavy atom. The summed E-state index contributed by atoms with van der Waals surface area (Å²) in [4.78, 5) is 0.174. The van der Waals surface area contributed by atoms with E-state index in [9.17, 15) is 18.1 Å². The molecule has 4 rings (SSSR count). The van der Waals surface area contributed by atoms with E-state index in [1.165, 1.54) is 31.4 Å². The lowest BCUT2D eigenvalue weighted by Crippen LogP contribution is -2.04. The van der Waals surface area contributed by atoms with Crippen molar-refractivity contribution in [2.45, 2.75) is 11.4 Å². The van der Waals surface area contributed by atoms with Crippen molar-refractivity contribution in [3.05, 3.63) is 89.9 Å². The first kappa shape index (κ1) is 22.2. The second-order valence-electron chi connectivity index (χ2n) is 7.47. The quantitative estimate of drug-likeness (QED) is 0.416. The van der Waals surface area contributed by atoms with Crippen LogP contribution in [0, 0.1) is 17.1 Å². The summed E-state index contributed by atoms with van der Waals surface area (Å²) in [7, 11) is -1.99. The zero-order valence-electron chi connectivity index (χ0n) is 18.0. The summed E-state index contributed by atoms with van der Waals surface area (Å²) < 4.78 is 44.9. The van der Waals surface area contributed by atoms with E-state index in [2.05, 4.69) is 11.2 Å². The van der Waals surface area contributed by atoms with Gasteiger partial charge in [-0.15, -0.1) is 0 Å². The molecule has 1 heterocycles. The van der Waals surface area contributed by atoms with Crippen LogP contribution in [0.3, 0.4) is 0 Å². The maximum absolute atomic E-state index is 14.5. The van der Waals surface area contributed by atoms with Gasteiger partial charge in [-0.25, -0.2) is 17.5 Å². The van der Waals surface area contributed by atoms with Crippen molar-refractivity contribution in [1.82, 2.24) is 9.78 Å². The number of halogens is 1. The minimum absolute atomic E-state index is 0.0907. The standard InChI is InChI=1S/C25H20FN3O3S/c1-32-23-13-10-19(14-21(23)26)24-22(15-27)29(16-17-6-4-3-5-7-17)28-25(24)18-8-11-20(12-9-18)33(2,30)31/h3-14H,16H2,1-2H3. The van der Waals surface area contributed by atoms with Crippen molar-refractivity contribution in [3.8, 4) is 34.2 Å². The van der Waals surface area contributed by atoms with Gasteiger partial charge in [-0.1, -0.05) is 48.5 Å². The van der Waals surface area contributed by atoms with E-state index in [1.807, 2.05) is 30.3 Å². The van der Waals surface area contributed by atoms with E-state index in [0.717, 1.165) is 11.8 Å². The highest BCUT2D eigenvalue weighted by atomic mass is 32.2. The third-order valence-electron chi connectivity index (χ3n) is 5.23. The minimum atomic E-state index is -3.37. The van der Waals surface area contributed by atoms with Gasteiger partial charge in [-0.2, -0.15) is 10.4 Å². The molecule has 166 valence electrons. The first-order chi connectivity index (χ1) is 15.8. The fourth-order valence-electron chi connectivity index (χ4n) is 3.60. The molecule has 3 aromatic carbocycles. The normalized spacial score (nSPS) is 11.2. The Balaban J connectivity index is 1.92. The molecule has 0 aliphatic rings. The molecule has 0 saturated carbocycles. The molecule has 0 bridgehead atoms. The van der Waals surface area contributed by atoms with Gasteiger partial charge in [0, 0.05) is 17.4 Å². The highest BCUT2D eigenvalue weighted by Gasteiger charge is 2.22. The molecule has 1 aromatic heterocycles. The number of ether oxygens (including phenoxy) is 1. The van der Waals surface area contributed by atoms with E-state index in [1.54, 1.807) is 22.9 Å². The molecular weight excluding hydrogens is 441 g/mol. The molecule has 0 spiro atoms. The van der Waals surface area contributed by atoms with E-state index in [-0.39, 0.29) is 16.3 Å². The summed E-state index contributed by atoms with van der Waals surface area (Å²) in [6.45, 7) is 0.344. The zero-order chi connectivity index (χ0) is 23.6. The summed E-state index contributed by atoms with van der Waals surface area (Å²) in [5.41, 5.74) is 3.20. The predicted octanol–water partition coefficient (Wildman–Crippen LogP) is 4.69. The van der Waals surface area contributed by atoms with Crippen molar-refractivity contribution in [2.75, 3.05) is 13.4 Å². The van der Waals surface area contributed by atoms with Gasteiger partial charge in [0.15, 0.2) is 21.4 Å². The maximum Gasteiger partial charge on any atom is 0.175 e. The summed E-state index contributed by atoms with van der Waals surface area (Å²) in [5, 5.41) is 14.7. The average molecular weight is 462 g/mol.